The first-order valence-corrected chi connectivity index (χ1v) is 53.5. The van der Waals surface area contributed by atoms with Crippen molar-refractivity contribution in [3.8, 4) is 0 Å². The van der Waals surface area contributed by atoms with Crippen molar-refractivity contribution in [2.75, 3.05) is 0 Å². The van der Waals surface area contributed by atoms with Crippen molar-refractivity contribution in [1.29, 1.82) is 0 Å². The van der Waals surface area contributed by atoms with Gasteiger partial charge in [-0.15, -0.1) is 0 Å². The first-order valence-electron chi connectivity index (χ1n) is 53.5. The maximum absolute atomic E-state index is 2.66. The van der Waals surface area contributed by atoms with Gasteiger partial charge in [0, 0.05) is 0 Å². The number of hydrogen-bond acceptors (Lipinski definition) is 0. The van der Waals surface area contributed by atoms with Crippen molar-refractivity contribution in [3.05, 3.63) is 79.9 Å². The van der Waals surface area contributed by atoms with Gasteiger partial charge in [-0.3, -0.25) is 0 Å². The number of hydrogen-bond donors (Lipinski definition) is 0. The van der Waals surface area contributed by atoms with Gasteiger partial charge in [0.25, 0.3) is 0 Å². The van der Waals surface area contributed by atoms with Gasteiger partial charge in [0.05, 0.1) is 0 Å². The zero-order chi connectivity index (χ0) is 81.1. The van der Waals surface area contributed by atoms with Gasteiger partial charge >= 0.3 is 0 Å². The van der Waals surface area contributed by atoms with Crippen LogP contribution in [0, 0.1) is 278 Å². The number of fused-ring (bicyclic) bond motifs is 18. The Bertz CT molecular complexity index is 3730. The highest BCUT2D eigenvalue weighted by molar-refractivity contribution is 5.91. The average Bonchev–Trinajstić information content (AvgIpc) is 1.55. The van der Waals surface area contributed by atoms with E-state index in [1.54, 1.807) is 149 Å². The third kappa shape index (κ3) is 16.2. The van der Waals surface area contributed by atoms with Gasteiger partial charge in [-0.25, -0.2) is 0 Å². The quantitative estimate of drug-likeness (QED) is 0.228. The molecular formula is C116H184. The third-order valence-electron chi connectivity index (χ3n) is 45.0. The lowest BCUT2D eigenvalue weighted by Crippen LogP contribution is -2.44. The molecule has 22 rings (SSSR count). The number of rotatable bonds is 1. The van der Waals surface area contributed by atoms with Crippen LogP contribution in [-0.2, 0) is 25.7 Å². The molecule has 0 spiro atoms. The minimum Gasteiger partial charge on any atom is -0.0651 e. The predicted octanol–water partition coefficient (Wildman–Crippen LogP) is 32.7. The largest absolute Gasteiger partial charge is 0.0651 e. The van der Waals surface area contributed by atoms with Gasteiger partial charge in [0.2, 0.25) is 0 Å². The van der Waals surface area contributed by atoms with Gasteiger partial charge in [-0.1, -0.05) is 250 Å². The molecule has 0 heterocycles. The monoisotopic (exact) mass is 1580 g/mol. The summed E-state index contributed by atoms with van der Waals surface area (Å²) in [5.41, 5.74) is 15.8. The zero-order valence-electron chi connectivity index (χ0n) is 79.7. The Kier molecular flexibility index (Phi) is 26.8. The molecule has 0 N–H and O–H groups in total. The first kappa shape index (κ1) is 86.1. The summed E-state index contributed by atoms with van der Waals surface area (Å²) in [6.45, 7) is 49.9. The van der Waals surface area contributed by atoms with Gasteiger partial charge in [-0.2, -0.15) is 0 Å². The van der Waals surface area contributed by atoms with Crippen LogP contribution in [0.15, 0.2) is 24.3 Å². The van der Waals surface area contributed by atoms with Crippen molar-refractivity contribution in [3.63, 3.8) is 0 Å². The molecule has 3 aromatic carbocycles. The molecule has 0 amide bonds. The summed E-state index contributed by atoms with van der Waals surface area (Å²) in [4.78, 5) is 0. The molecule has 116 heavy (non-hydrogen) atoms. The highest BCUT2D eigenvalue weighted by atomic mass is 14.7. The zero-order valence-corrected chi connectivity index (χ0v) is 79.7. The maximum Gasteiger partial charge on any atom is -0.0120 e. The fourth-order valence-corrected chi connectivity index (χ4v) is 38.2. The van der Waals surface area contributed by atoms with E-state index >= 15 is 0 Å². The van der Waals surface area contributed by atoms with Crippen LogP contribution in [-0.4, -0.2) is 0 Å². The van der Waals surface area contributed by atoms with Crippen molar-refractivity contribution in [2.45, 2.75) is 395 Å². The molecule has 0 nitrogen and oxygen atoms in total. The highest BCUT2D eigenvalue weighted by Gasteiger charge is 2.61. The number of aryl methyl sites for hydroxylation is 4. The molecule has 0 aromatic heterocycles. The second kappa shape index (κ2) is 36.1. The molecule has 28 unspecified atom stereocenters. The van der Waals surface area contributed by atoms with Crippen LogP contribution >= 0.6 is 0 Å². The van der Waals surface area contributed by atoms with Crippen molar-refractivity contribution >= 4 is 10.8 Å². The summed E-state index contributed by atoms with van der Waals surface area (Å²) in [6, 6.07) is 9.60. The van der Waals surface area contributed by atoms with E-state index in [0.717, 1.165) is 237 Å². The molecule has 17 fully saturated rings. The van der Waals surface area contributed by atoms with E-state index in [2.05, 4.69) is 163 Å². The lowest BCUT2D eigenvalue weighted by Gasteiger charge is -2.52. The summed E-state index contributed by atoms with van der Waals surface area (Å²) < 4.78 is 0. The van der Waals surface area contributed by atoms with Crippen molar-refractivity contribution < 1.29 is 0 Å². The van der Waals surface area contributed by atoms with E-state index in [9.17, 15) is 0 Å². The van der Waals surface area contributed by atoms with Gasteiger partial charge in [-0.05, 0) is 473 Å². The molecule has 0 bridgehead atoms. The topological polar surface area (TPSA) is 0 Å². The van der Waals surface area contributed by atoms with Crippen LogP contribution in [0.2, 0.25) is 0 Å². The lowest BCUT2D eigenvalue weighted by atomic mass is 9.53. The summed E-state index contributed by atoms with van der Waals surface area (Å²) >= 11 is 0. The molecule has 19 aliphatic rings. The molecule has 648 valence electrons. The van der Waals surface area contributed by atoms with Crippen LogP contribution in [0.4, 0.5) is 0 Å². The standard InChI is InChI=1S/C21H36.C21H26.C21H36.C20H34.C17H24.C16H28/c1-12-9-10-18-19-11-16-7-5-6-8-17(16)14(3)21(19)15(4)20(18)13(12)2;1-13-8-9-18-11-19-10-16-6-4-5-7-17(16)12-20(19)15(3)21(18)14(13)2;1-4-15-9-19-11-18-10-16-7-5-6-8-17(16)12-20(18)14(3)21(19)13(15)2;1-11-9-17-18-10-15-7-5-6-8-16(15)13(3)20(18)14(4)19(17)12(11)2;1-11-8-16-9-14-6-4-5-7-15(14)10-17(16)13(3)12(11)2;1-10-11(2)15-8-13-6-4-5-7-14(13)9-16(15)12(10)3/h12-21H,5-11H2,1-4H3;8-9,11,16-17H,4-7,10,12H2,1-3H3;13-21H,4-12H2,1-3H3;11-20H,5-10H2,1-4H3;8,14-15H,4-7,9-10H2,1-3H3;10-16H,4-9H2,1-3H3/t12?,13?,14?,15?,16-,17+,18?,19?,20?,21?;16-,17+;13?,14?,15?,16-,17+,18?,19?,20?,21?;11?,12?,13?,14?,15-,16+,17?,18?,19?,20?;14-,15+;10?,11?,12?,13-,14+,15?,16?/m11111./s1. The Morgan fingerprint density at radius 2 is 0.647 bits per heavy atom. The van der Waals surface area contributed by atoms with Crippen molar-refractivity contribution in [2.24, 2.45) is 237 Å². The van der Waals surface area contributed by atoms with Gasteiger partial charge in [0.1, 0.15) is 0 Å². The summed E-state index contributed by atoms with van der Waals surface area (Å²) in [7, 11) is 0. The Morgan fingerprint density at radius 1 is 0.241 bits per heavy atom. The first-order chi connectivity index (χ1) is 55.9. The second-order valence-electron chi connectivity index (χ2n) is 49.1. The van der Waals surface area contributed by atoms with E-state index in [1.807, 2.05) is 0 Å². The third-order valence-corrected chi connectivity index (χ3v) is 45.0. The summed E-state index contributed by atoms with van der Waals surface area (Å²) in [5, 5.41) is 2.99. The summed E-state index contributed by atoms with van der Waals surface area (Å²) in [6.07, 6.45) is 60.8. The molecule has 19 aliphatic carbocycles. The minimum absolute atomic E-state index is 0.965. The Labute approximate surface area is 718 Å². The fraction of sp³-hybridized carbons (Fsp3) is 0.862. The maximum atomic E-state index is 2.66. The predicted molar refractivity (Wildman–Crippen MR) is 499 cm³/mol. The minimum atomic E-state index is 0.965. The molecule has 0 radical (unpaired) electrons. The smallest absolute Gasteiger partial charge is 0.0120 e. The second-order valence-corrected chi connectivity index (χ2v) is 49.1. The Hall–Kier alpha value is -2.08. The SMILES string of the molecule is CC1C(C)C2C[C@H]3CCCC[C@H]3CC2C1C.CC1CC2C3C[C@H]4CCCC[C@H]4C(C)C3C(C)C2C1C.CC1CCC2C3C[C@H]4CCCC[C@H]4C(C)C3C(C)C2C1C.CCC1CC2CC3C[C@H]4CCCC[C@H]4CC3C(C)C2C1C.Cc1cc2c(c(C)c1C)C[C@@H]1CCCC[C@@H]1C2.Cc1ccc2cc3c(c(C)c2c1C)C[C@@H]1CCCC[C@@H]1C3. The molecule has 17 saturated carbocycles. The Balaban J connectivity index is 0.000000100. The van der Waals surface area contributed by atoms with Crippen LogP contribution in [0.5, 0.6) is 0 Å². The van der Waals surface area contributed by atoms with Crippen LogP contribution < -0.4 is 0 Å². The molecule has 0 saturated heterocycles. The van der Waals surface area contributed by atoms with Crippen molar-refractivity contribution in [1.82, 2.24) is 0 Å². The number of benzene rings is 3. The van der Waals surface area contributed by atoms with Crippen LogP contribution in [0.25, 0.3) is 10.8 Å². The molecule has 3 aromatic rings. The van der Waals surface area contributed by atoms with Crippen LogP contribution in [0.1, 0.15) is 384 Å². The molecular weight excluding hydrogens is 1390 g/mol. The van der Waals surface area contributed by atoms with E-state index in [0.29, 0.717) is 0 Å². The van der Waals surface area contributed by atoms with E-state index in [4.69, 9.17) is 0 Å². The van der Waals surface area contributed by atoms with Crippen LogP contribution in [0.3, 0.4) is 0 Å². The highest BCUT2D eigenvalue weighted by Crippen LogP contribution is 2.68. The normalized spacial score (nSPS) is 48.1. The van der Waals surface area contributed by atoms with Gasteiger partial charge in [0.15, 0.2) is 0 Å². The van der Waals surface area contributed by atoms with E-state index in [1.165, 1.54) is 174 Å². The Morgan fingerprint density at radius 3 is 1.18 bits per heavy atom. The molecule has 0 aliphatic heterocycles. The lowest BCUT2D eigenvalue weighted by molar-refractivity contribution is -0.0302. The summed E-state index contributed by atoms with van der Waals surface area (Å²) in [5.74, 6) is 42.2. The average molecular weight is 1580 g/mol. The molecule has 0 heteroatoms. The fourth-order valence-electron chi connectivity index (χ4n) is 38.2. The van der Waals surface area contributed by atoms with E-state index in [-0.39, 0.29) is 0 Å². The van der Waals surface area contributed by atoms with Gasteiger partial charge < -0.3 is 0 Å². The molecule has 40 atom stereocenters. The van der Waals surface area contributed by atoms with E-state index < -0.39 is 0 Å².